The summed E-state index contributed by atoms with van der Waals surface area (Å²) in [5.74, 6) is -2.72. The van der Waals surface area contributed by atoms with E-state index >= 15 is 4.39 Å². The molecule has 0 spiro atoms. The Hall–Kier alpha value is -3.08. The maximum absolute atomic E-state index is 15.9. The molecule has 0 aromatic heterocycles. The number of methoxy groups -OCH3 is 1. The van der Waals surface area contributed by atoms with Gasteiger partial charge in [0.05, 0.1) is 12.1 Å². The standard InChI is InChI=1S/C21H20ClFN2O6S/c1-12(21(26)27)25(32(24,28)29)20-16(31-11-13-6-4-3-5-7-13)10-14-8-9-15(30-2)18(22)17(14)19(20)23/h3-10,12H,11H2,1-2H3,(H,26,27)(H2,24,28,29). The number of benzene rings is 3. The minimum atomic E-state index is -4.73. The van der Waals surface area contributed by atoms with Crippen LogP contribution in [0.1, 0.15) is 12.5 Å². The maximum atomic E-state index is 15.9. The lowest BCUT2D eigenvalue weighted by Crippen LogP contribution is -2.47. The van der Waals surface area contributed by atoms with Gasteiger partial charge in [-0.3, -0.25) is 0 Å². The van der Waals surface area contributed by atoms with Crippen molar-refractivity contribution in [3.05, 3.63) is 64.9 Å². The second-order valence-electron chi connectivity index (χ2n) is 6.85. The molecule has 3 N–H and O–H groups in total. The topological polar surface area (TPSA) is 119 Å². The van der Waals surface area contributed by atoms with Gasteiger partial charge in [-0.2, -0.15) is 8.42 Å². The van der Waals surface area contributed by atoms with Gasteiger partial charge in [-0.25, -0.2) is 18.6 Å². The van der Waals surface area contributed by atoms with Gasteiger partial charge in [-0.15, -0.1) is 0 Å². The third-order valence-corrected chi connectivity index (χ3v) is 6.17. The van der Waals surface area contributed by atoms with E-state index in [4.69, 9.17) is 26.2 Å². The third-order valence-electron chi connectivity index (χ3n) is 4.75. The lowest BCUT2D eigenvalue weighted by atomic mass is 10.1. The number of carbonyl (C=O) groups is 1. The van der Waals surface area contributed by atoms with Crippen LogP contribution in [0.15, 0.2) is 48.5 Å². The number of nitrogens with zero attached hydrogens (tertiary/aromatic N) is 1. The fraction of sp³-hybridized carbons (Fsp3) is 0.190. The zero-order valence-electron chi connectivity index (χ0n) is 17.1. The van der Waals surface area contributed by atoms with Crippen LogP contribution in [-0.2, 0) is 21.6 Å². The highest BCUT2D eigenvalue weighted by Crippen LogP contribution is 2.44. The van der Waals surface area contributed by atoms with E-state index < -0.39 is 33.7 Å². The lowest BCUT2D eigenvalue weighted by molar-refractivity contribution is -0.137. The molecule has 0 fully saturated rings. The van der Waals surface area contributed by atoms with Gasteiger partial charge >= 0.3 is 5.97 Å². The van der Waals surface area contributed by atoms with Crippen LogP contribution < -0.4 is 18.9 Å². The van der Waals surface area contributed by atoms with Gasteiger partial charge in [0.25, 0.3) is 10.2 Å². The number of nitrogens with two attached hydrogens (primary N) is 1. The second-order valence-corrected chi connectivity index (χ2v) is 8.65. The summed E-state index contributed by atoms with van der Waals surface area (Å²) in [6.07, 6.45) is 0. The van der Waals surface area contributed by atoms with E-state index in [0.717, 1.165) is 12.5 Å². The molecule has 0 aliphatic carbocycles. The van der Waals surface area contributed by atoms with Crippen LogP contribution >= 0.6 is 11.6 Å². The average Bonchev–Trinajstić information content (AvgIpc) is 2.74. The first-order valence-electron chi connectivity index (χ1n) is 9.26. The fourth-order valence-corrected chi connectivity index (χ4v) is 4.49. The molecule has 0 heterocycles. The molecule has 0 aliphatic rings. The molecular formula is C21H20ClFN2O6S. The molecule has 0 saturated heterocycles. The van der Waals surface area contributed by atoms with Gasteiger partial charge in [0.2, 0.25) is 0 Å². The van der Waals surface area contributed by atoms with Crippen molar-refractivity contribution in [2.24, 2.45) is 5.14 Å². The molecule has 3 rings (SSSR count). The van der Waals surface area contributed by atoms with Gasteiger partial charge in [0.1, 0.15) is 29.8 Å². The summed E-state index contributed by atoms with van der Waals surface area (Å²) in [4.78, 5) is 11.6. The molecule has 0 saturated carbocycles. The number of hydrogen-bond acceptors (Lipinski definition) is 5. The molecular weight excluding hydrogens is 463 g/mol. The molecule has 32 heavy (non-hydrogen) atoms. The van der Waals surface area contributed by atoms with Crippen molar-refractivity contribution in [1.29, 1.82) is 0 Å². The predicted octanol–water partition coefficient (Wildman–Crippen LogP) is 3.70. The summed E-state index contributed by atoms with van der Waals surface area (Å²) < 4.78 is 51.7. The van der Waals surface area contributed by atoms with Crippen molar-refractivity contribution in [3.8, 4) is 11.5 Å². The quantitative estimate of drug-likeness (QED) is 0.505. The number of ether oxygens (including phenoxy) is 2. The molecule has 0 radical (unpaired) electrons. The van der Waals surface area contributed by atoms with E-state index in [-0.39, 0.29) is 38.2 Å². The van der Waals surface area contributed by atoms with Crippen LogP contribution in [0.25, 0.3) is 10.8 Å². The average molecular weight is 483 g/mol. The summed E-state index contributed by atoms with van der Waals surface area (Å²) in [6, 6.07) is 11.5. The lowest BCUT2D eigenvalue weighted by Gasteiger charge is -2.28. The molecule has 170 valence electrons. The Balaban J connectivity index is 2.31. The van der Waals surface area contributed by atoms with Crippen molar-refractivity contribution in [3.63, 3.8) is 0 Å². The molecule has 3 aromatic carbocycles. The van der Waals surface area contributed by atoms with E-state index in [2.05, 4.69) is 0 Å². The van der Waals surface area contributed by atoms with Crippen molar-refractivity contribution in [1.82, 2.24) is 0 Å². The molecule has 0 aliphatic heterocycles. The smallest absolute Gasteiger partial charge is 0.327 e. The van der Waals surface area contributed by atoms with Gasteiger partial charge < -0.3 is 14.6 Å². The molecule has 0 amide bonds. The van der Waals surface area contributed by atoms with E-state index in [1.54, 1.807) is 30.3 Å². The Bertz CT molecular complexity index is 1270. The Kier molecular flexibility index (Phi) is 6.77. The number of carboxylic acids is 1. The van der Waals surface area contributed by atoms with Gasteiger partial charge in [0, 0.05) is 5.39 Å². The van der Waals surface area contributed by atoms with E-state index in [0.29, 0.717) is 0 Å². The van der Waals surface area contributed by atoms with E-state index in [1.165, 1.54) is 25.3 Å². The summed E-state index contributed by atoms with van der Waals surface area (Å²) in [5, 5.41) is 14.7. The molecule has 8 nitrogen and oxygen atoms in total. The molecule has 3 aromatic rings. The number of rotatable bonds is 8. The molecule has 1 atom stereocenters. The van der Waals surface area contributed by atoms with Crippen LogP contribution in [0.2, 0.25) is 5.02 Å². The van der Waals surface area contributed by atoms with Gasteiger partial charge in [0.15, 0.2) is 5.82 Å². The Labute approximate surface area is 189 Å². The highest BCUT2D eigenvalue weighted by molar-refractivity contribution is 7.90. The number of halogens is 2. The second kappa shape index (κ2) is 9.19. The highest BCUT2D eigenvalue weighted by Gasteiger charge is 2.35. The molecule has 0 bridgehead atoms. The monoisotopic (exact) mass is 482 g/mol. The maximum Gasteiger partial charge on any atom is 0.327 e. The number of aliphatic carboxylic acids is 1. The summed E-state index contributed by atoms with van der Waals surface area (Å²) in [5.41, 5.74) is 0.0566. The normalized spacial score (nSPS) is 12.4. The number of hydrogen-bond donors (Lipinski definition) is 2. The summed E-state index contributed by atoms with van der Waals surface area (Å²) in [6.45, 7) is 1.02. The van der Waals surface area contributed by atoms with Crippen LogP contribution in [0.4, 0.5) is 10.1 Å². The minimum Gasteiger partial charge on any atom is -0.495 e. The summed E-state index contributed by atoms with van der Waals surface area (Å²) in [7, 11) is -3.39. The number of anilines is 1. The number of fused-ring (bicyclic) bond motifs is 1. The van der Waals surface area contributed by atoms with Gasteiger partial charge in [-0.1, -0.05) is 48.0 Å². The fourth-order valence-electron chi connectivity index (χ4n) is 3.20. The van der Waals surface area contributed by atoms with E-state index in [1.807, 2.05) is 0 Å². The Morgan fingerprint density at radius 3 is 2.44 bits per heavy atom. The Morgan fingerprint density at radius 1 is 1.22 bits per heavy atom. The van der Waals surface area contributed by atoms with Crippen molar-refractivity contribution < 1.29 is 32.2 Å². The molecule has 11 heteroatoms. The molecule has 1 unspecified atom stereocenters. The van der Waals surface area contributed by atoms with Crippen molar-refractivity contribution in [2.45, 2.75) is 19.6 Å². The first kappa shape index (κ1) is 23.6. The number of carboxylic acid groups (broad SMARTS) is 1. The van der Waals surface area contributed by atoms with Crippen LogP contribution in [-0.4, -0.2) is 32.6 Å². The largest absolute Gasteiger partial charge is 0.495 e. The third kappa shape index (κ3) is 4.57. The predicted molar refractivity (Wildman–Crippen MR) is 119 cm³/mol. The first-order valence-corrected chi connectivity index (χ1v) is 11.1. The minimum absolute atomic E-state index is 0.0391. The van der Waals surface area contributed by atoms with Gasteiger partial charge in [-0.05, 0) is 30.0 Å². The SMILES string of the molecule is COc1ccc2cc(OCc3ccccc3)c(N(C(C)C(=O)O)S(N)(=O)=O)c(F)c2c1Cl. The van der Waals surface area contributed by atoms with Crippen LogP contribution in [0, 0.1) is 5.82 Å². The first-order chi connectivity index (χ1) is 15.1. The van der Waals surface area contributed by atoms with Crippen LogP contribution in [0.3, 0.4) is 0 Å². The zero-order chi connectivity index (χ0) is 23.6. The zero-order valence-corrected chi connectivity index (χ0v) is 18.7. The van der Waals surface area contributed by atoms with Crippen LogP contribution in [0.5, 0.6) is 11.5 Å². The van der Waals surface area contributed by atoms with Crippen molar-refractivity contribution in [2.75, 3.05) is 11.4 Å². The van der Waals surface area contributed by atoms with Crippen molar-refractivity contribution >= 4 is 44.2 Å². The summed E-state index contributed by atoms with van der Waals surface area (Å²) >= 11 is 6.28. The Morgan fingerprint density at radius 2 is 1.88 bits per heavy atom. The highest BCUT2D eigenvalue weighted by atomic mass is 35.5. The van der Waals surface area contributed by atoms with E-state index in [9.17, 15) is 18.3 Å².